The van der Waals surface area contributed by atoms with Crippen LogP contribution in [0.2, 0.25) is 0 Å². The number of hydrogen-bond acceptors (Lipinski definition) is 8. The van der Waals surface area contributed by atoms with Crippen LogP contribution in [0.25, 0.3) is 10.9 Å². The molecule has 0 fully saturated rings. The Labute approximate surface area is 160 Å². The summed E-state index contributed by atoms with van der Waals surface area (Å²) in [5, 5.41) is 15.6. The summed E-state index contributed by atoms with van der Waals surface area (Å²) in [5.41, 5.74) is 2.73. The van der Waals surface area contributed by atoms with E-state index in [4.69, 9.17) is 9.47 Å². The summed E-state index contributed by atoms with van der Waals surface area (Å²) in [6.07, 6.45) is 3.34. The van der Waals surface area contributed by atoms with Gasteiger partial charge in [0.25, 0.3) is 0 Å². The maximum atomic E-state index is 5.41. The summed E-state index contributed by atoms with van der Waals surface area (Å²) >= 11 is 0. The van der Waals surface area contributed by atoms with E-state index in [1.54, 1.807) is 12.4 Å². The van der Waals surface area contributed by atoms with Crippen LogP contribution in [0.15, 0.2) is 60.9 Å². The van der Waals surface area contributed by atoms with E-state index in [1.165, 1.54) is 0 Å². The second-order valence-electron chi connectivity index (χ2n) is 6.21. The number of anilines is 3. The van der Waals surface area contributed by atoms with Gasteiger partial charge in [-0.2, -0.15) is 10.1 Å². The van der Waals surface area contributed by atoms with E-state index in [1.807, 2.05) is 48.5 Å². The van der Waals surface area contributed by atoms with Crippen LogP contribution >= 0.6 is 0 Å². The topological polar surface area (TPSA) is 94.1 Å². The zero-order chi connectivity index (χ0) is 18.8. The van der Waals surface area contributed by atoms with Gasteiger partial charge in [-0.1, -0.05) is 24.3 Å². The first-order valence-corrected chi connectivity index (χ1v) is 8.78. The highest BCUT2D eigenvalue weighted by atomic mass is 16.7. The SMILES string of the molecule is c1cnc2c(Nc3nncc(NCc4ccc5c(c4)OCO5)n3)cccc2c1. The Morgan fingerprint density at radius 2 is 1.93 bits per heavy atom. The fourth-order valence-electron chi connectivity index (χ4n) is 3.01. The van der Waals surface area contributed by atoms with Gasteiger partial charge in [0.05, 0.1) is 17.4 Å². The van der Waals surface area contributed by atoms with Crippen molar-refractivity contribution in [1.82, 2.24) is 20.2 Å². The molecular formula is C20H16N6O2. The second-order valence-corrected chi connectivity index (χ2v) is 6.21. The quantitative estimate of drug-likeness (QED) is 0.550. The highest BCUT2D eigenvalue weighted by Crippen LogP contribution is 2.32. The van der Waals surface area contributed by atoms with Gasteiger partial charge in [-0.15, -0.1) is 5.10 Å². The predicted octanol–water partition coefficient (Wildman–Crippen LogP) is 3.50. The summed E-state index contributed by atoms with van der Waals surface area (Å²) in [6, 6.07) is 15.7. The first kappa shape index (κ1) is 16.2. The van der Waals surface area contributed by atoms with Crippen LogP contribution < -0.4 is 20.1 Å². The molecule has 1 aliphatic rings. The van der Waals surface area contributed by atoms with E-state index in [2.05, 4.69) is 30.8 Å². The molecule has 4 aromatic rings. The third-order valence-electron chi connectivity index (χ3n) is 4.35. The number of benzene rings is 2. The van der Waals surface area contributed by atoms with Gasteiger partial charge in [-0.05, 0) is 29.8 Å². The molecule has 0 saturated heterocycles. The average Bonchev–Trinajstić information content (AvgIpc) is 3.21. The van der Waals surface area contributed by atoms with Gasteiger partial charge in [-0.3, -0.25) is 4.98 Å². The molecule has 8 nitrogen and oxygen atoms in total. The van der Waals surface area contributed by atoms with E-state index in [0.717, 1.165) is 33.7 Å². The molecular weight excluding hydrogens is 356 g/mol. The summed E-state index contributed by atoms with van der Waals surface area (Å²) in [7, 11) is 0. The van der Waals surface area contributed by atoms with Crippen LogP contribution in [-0.2, 0) is 6.54 Å². The molecule has 138 valence electrons. The number of aromatic nitrogens is 4. The fourth-order valence-corrected chi connectivity index (χ4v) is 3.01. The van der Waals surface area contributed by atoms with Gasteiger partial charge in [0.15, 0.2) is 17.3 Å². The molecule has 0 spiro atoms. The van der Waals surface area contributed by atoms with Crippen LogP contribution in [-0.4, -0.2) is 27.0 Å². The van der Waals surface area contributed by atoms with Gasteiger partial charge >= 0.3 is 0 Å². The van der Waals surface area contributed by atoms with Crippen LogP contribution in [0.4, 0.5) is 17.5 Å². The number of nitrogens with one attached hydrogen (secondary N) is 2. The third-order valence-corrected chi connectivity index (χ3v) is 4.35. The molecule has 0 atom stereocenters. The minimum atomic E-state index is 0.264. The van der Waals surface area contributed by atoms with Gasteiger partial charge < -0.3 is 20.1 Å². The highest BCUT2D eigenvalue weighted by Gasteiger charge is 2.13. The molecule has 2 aromatic heterocycles. The van der Waals surface area contributed by atoms with E-state index in [9.17, 15) is 0 Å². The summed E-state index contributed by atoms with van der Waals surface area (Å²) < 4.78 is 10.7. The van der Waals surface area contributed by atoms with E-state index in [0.29, 0.717) is 18.3 Å². The number of nitrogens with zero attached hydrogens (tertiary/aromatic N) is 4. The smallest absolute Gasteiger partial charge is 0.249 e. The molecule has 0 amide bonds. The van der Waals surface area contributed by atoms with Crippen molar-refractivity contribution in [1.29, 1.82) is 0 Å². The zero-order valence-electron chi connectivity index (χ0n) is 14.8. The first-order valence-electron chi connectivity index (χ1n) is 8.78. The lowest BCUT2D eigenvalue weighted by Gasteiger charge is -2.09. The number of pyridine rings is 1. The van der Waals surface area contributed by atoms with Crippen LogP contribution in [0.3, 0.4) is 0 Å². The maximum absolute atomic E-state index is 5.41. The normalized spacial score (nSPS) is 12.1. The Balaban J connectivity index is 1.32. The lowest BCUT2D eigenvalue weighted by molar-refractivity contribution is 0.174. The molecule has 0 aliphatic carbocycles. The molecule has 8 heteroatoms. The standard InChI is InChI=1S/C20H16N6O2/c1-3-14-4-2-8-21-19(14)15(5-1)24-20-25-18(11-23-26-20)22-10-13-6-7-16-17(9-13)28-12-27-16/h1-9,11H,10,12H2,(H2,22,24,25,26). The Morgan fingerprint density at radius 3 is 2.93 bits per heavy atom. The maximum Gasteiger partial charge on any atom is 0.249 e. The zero-order valence-corrected chi connectivity index (χ0v) is 14.8. The van der Waals surface area contributed by atoms with Crippen LogP contribution in [0, 0.1) is 0 Å². The molecule has 0 saturated carbocycles. The third kappa shape index (κ3) is 3.23. The average molecular weight is 372 g/mol. The molecule has 0 unspecified atom stereocenters. The van der Waals surface area contributed by atoms with Gasteiger partial charge in [0, 0.05) is 18.1 Å². The lowest BCUT2D eigenvalue weighted by Crippen LogP contribution is -2.06. The first-order chi connectivity index (χ1) is 13.8. The van der Waals surface area contributed by atoms with Crippen molar-refractivity contribution in [2.24, 2.45) is 0 Å². The summed E-state index contributed by atoms with van der Waals surface area (Å²) in [5.74, 6) is 2.53. The number of hydrogen-bond donors (Lipinski definition) is 2. The highest BCUT2D eigenvalue weighted by molar-refractivity contribution is 5.91. The van der Waals surface area contributed by atoms with Crippen molar-refractivity contribution in [3.05, 3.63) is 66.5 Å². The number of fused-ring (bicyclic) bond motifs is 2. The van der Waals surface area contributed by atoms with Gasteiger partial charge in [0.1, 0.15) is 0 Å². The van der Waals surface area contributed by atoms with Crippen LogP contribution in [0.1, 0.15) is 5.56 Å². The van der Waals surface area contributed by atoms with Crippen molar-refractivity contribution in [3.8, 4) is 11.5 Å². The van der Waals surface area contributed by atoms with Crippen molar-refractivity contribution < 1.29 is 9.47 Å². The van der Waals surface area contributed by atoms with E-state index in [-0.39, 0.29) is 6.79 Å². The second kappa shape index (κ2) is 6.99. The molecule has 3 heterocycles. The van der Waals surface area contributed by atoms with Crippen LogP contribution in [0.5, 0.6) is 11.5 Å². The monoisotopic (exact) mass is 372 g/mol. The minimum Gasteiger partial charge on any atom is -0.454 e. The molecule has 5 rings (SSSR count). The van der Waals surface area contributed by atoms with E-state index >= 15 is 0 Å². The Kier molecular flexibility index (Phi) is 4.06. The number of para-hydroxylation sites is 1. The molecule has 28 heavy (non-hydrogen) atoms. The minimum absolute atomic E-state index is 0.264. The fraction of sp³-hybridized carbons (Fsp3) is 0.100. The lowest BCUT2D eigenvalue weighted by atomic mass is 10.2. The Morgan fingerprint density at radius 1 is 1.00 bits per heavy atom. The number of rotatable bonds is 5. The molecule has 2 aromatic carbocycles. The molecule has 0 radical (unpaired) electrons. The molecule has 0 bridgehead atoms. The Bertz CT molecular complexity index is 1150. The largest absolute Gasteiger partial charge is 0.454 e. The van der Waals surface area contributed by atoms with Gasteiger partial charge in [-0.25, -0.2) is 0 Å². The van der Waals surface area contributed by atoms with Crippen molar-refractivity contribution in [3.63, 3.8) is 0 Å². The predicted molar refractivity (Wildman–Crippen MR) is 105 cm³/mol. The van der Waals surface area contributed by atoms with E-state index < -0.39 is 0 Å². The Hall–Kier alpha value is -3.94. The molecule has 1 aliphatic heterocycles. The summed E-state index contributed by atoms with van der Waals surface area (Å²) in [4.78, 5) is 8.91. The number of ether oxygens (including phenoxy) is 2. The van der Waals surface area contributed by atoms with Gasteiger partial charge in [0.2, 0.25) is 12.7 Å². The van der Waals surface area contributed by atoms with Crippen molar-refractivity contribution >= 4 is 28.4 Å². The van der Waals surface area contributed by atoms with Crippen molar-refractivity contribution in [2.45, 2.75) is 6.54 Å². The summed E-state index contributed by atoms with van der Waals surface area (Å²) in [6.45, 7) is 0.838. The molecule has 2 N–H and O–H groups in total. The van der Waals surface area contributed by atoms with Crippen molar-refractivity contribution in [2.75, 3.05) is 17.4 Å².